The van der Waals surface area contributed by atoms with Crippen molar-refractivity contribution < 1.29 is 19.1 Å². The van der Waals surface area contributed by atoms with Crippen LogP contribution >= 0.6 is 0 Å². The van der Waals surface area contributed by atoms with Crippen LogP contribution in [0.25, 0.3) is 0 Å². The van der Waals surface area contributed by atoms with Crippen molar-refractivity contribution in [2.24, 2.45) is 0 Å². The van der Waals surface area contributed by atoms with Crippen molar-refractivity contribution in [3.63, 3.8) is 0 Å². The number of nitrogens with zero attached hydrogens (tertiary/aromatic N) is 1. The SMILES string of the molecule is CCN(C(=O)Nc1ccc(CCC(=O)O)cc1F)c1ccccc1. The molecule has 0 aromatic heterocycles. The van der Waals surface area contributed by atoms with Crippen molar-refractivity contribution in [1.82, 2.24) is 0 Å². The van der Waals surface area contributed by atoms with Crippen LogP contribution in [0.2, 0.25) is 0 Å². The summed E-state index contributed by atoms with van der Waals surface area (Å²) in [7, 11) is 0. The summed E-state index contributed by atoms with van der Waals surface area (Å²) in [5.41, 5.74) is 1.35. The maximum Gasteiger partial charge on any atom is 0.326 e. The molecule has 0 aliphatic heterocycles. The lowest BCUT2D eigenvalue weighted by atomic mass is 10.1. The number of hydrogen-bond donors (Lipinski definition) is 2. The van der Waals surface area contributed by atoms with Gasteiger partial charge in [0.1, 0.15) is 5.82 Å². The molecule has 0 saturated carbocycles. The van der Waals surface area contributed by atoms with Gasteiger partial charge in [-0.2, -0.15) is 0 Å². The van der Waals surface area contributed by atoms with E-state index in [1.54, 1.807) is 18.2 Å². The first-order chi connectivity index (χ1) is 11.5. The Balaban J connectivity index is 2.09. The predicted molar refractivity (Wildman–Crippen MR) is 90.8 cm³/mol. The number of amides is 2. The minimum Gasteiger partial charge on any atom is -0.481 e. The van der Waals surface area contributed by atoms with E-state index < -0.39 is 17.8 Å². The zero-order valence-electron chi connectivity index (χ0n) is 13.3. The molecule has 2 N–H and O–H groups in total. The Kier molecular flexibility index (Phi) is 5.89. The summed E-state index contributed by atoms with van der Waals surface area (Å²) >= 11 is 0. The number of benzene rings is 2. The Bertz CT molecular complexity index is 719. The first-order valence-corrected chi connectivity index (χ1v) is 7.65. The smallest absolute Gasteiger partial charge is 0.326 e. The second kappa shape index (κ2) is 8.10. The van der Waals surface area contributed by atoms with E-state index in [1.165, 1.54) is 17.0 Å². The van der Waals surface area contributed by atoms with Crippen LogP contribution < -0.4 is 10.2 Å². The highest BCUT2D eigenvalue weighted by atomic mass is 19.1. The van der Waals surface area contributed by atoms with E-state index in [2.05, 4.69) is 5.32 Å². The highest BCUT2D eigenvalue weighted by molar-refractivity contribution is 6.01. The first kappa shape index (κ1) is 17.5. The lowest BCUT2D eigenvalue weighted by Gasteiger charge is -2.21. The molecule has 0 saturated heterocycles. The van der Waals surface area contributed by atoms with Crippen LogP contribution in [0.1, 0.15) is 18.9 Å². The van der Waals surface area contributed by atoms with Gasteiger partial charge in [0.2, 0.25) is 0 Å². The number of anilines is 2. The molecule has 0 spiro atoms. The molecule has 0 atom stereocenters. The molecular weight excluding hydrogens is 311 g/mol. The molecule has 0 heterocycles. The van der Waals surface area contributed by atoms with Crippen molar-refractivity contribution in [2.45, 2.75) is 19.8 Å². The van der Waals surface area contributed by atoms with Gasteiger partial charge in [0.05, 0.1) is 5.69 Å². The molecule has 0 aliphatic carbocycles. The number of hydrogen-bond acceptors (Lipinski definition) is 2. The van der Waals surface area contributed by atoms with Crippen LogP contribution in [-0.4, -0.2) is 23.7 Å². The monoisotopic (exact) mass is 330 g/mol. The van der Waals surface area contributed by atoms with E-state index in [9.17, 15) is 14.0 Å². The molecule has 0 radical (unpaired) electrons. The number of aryl methyl sites for hydroxylation is 1. The lowest BCUT2D eigenvalue weighted by molar-refractivity contribution is -0.136. The minimum atomic E-state index is -0.936. The van der Waals surface area contributed by atoms with E-state index >= 15 is 0 Å². The molecule has 0 bridgehead atoms. The number of aliphatic carboxylic acids is 1. The van der Waals surface area contributed by atoms with E-state index in [0.29, 0.717) is 12.1 Å². The predicted octanol–water partition coefficient (Wildman–Crippen LogP) is 3.90. The van der Waals surface area contributed by atoms with Gasteiger partial charge in [0.15, 0.2) is 0 Å². The summed E-state index contributed by atoms with van der Waals surface area (Å²) in [6, 6.07) is 13.0. The largest absolute Gasteiger partial charge is 0.481 e. The standard InChI is InChI=1S/C18H19FN2O3/c1-2-21(14-6-4-3-5-7-14)18(24)20-16-10-8-13(12-15(16)19)9-11-17(22)23/h3-8,10,12H,2,9,11H2,1H3,(H,20,24)(H,22,23). The number of urea groups is 1. The third-order valence-electron chi connectivity index (χ3n) is 3.53. The molecule has 2 aromatic carbocycles. The number of carbonyl (C=O) groups is 2. The highest BCUT2D eigenvalue weighted by Crippen LogP contribution is 2.19. The third-order valence-corrected chi connectivity index (χ3v) is 3.53. The van der Waals surface area contributed by atoms with Gasteiger partial charge < -0.3 is 10.4 Å². The van der Waals surface area contributed by atoms with Crippen molar-refractivity contribution in [3.8, 4) is 0 Å². The van der Waals surface area contributed by atoms with E-state index in [-0.39, 0.29) is 18.5 Å². The Morgan fingerprint density at radius 1 is 1.17 bits per heavy atom. The summed E-state index contributed by atoms with van der Waals surface area (Å²) in [4.78, 5) is 24.4. The summed E-state index contributed by atoms with van der Waals surface area (Å²) < 4.78 is 14.1. The fourth-order valence-electron chi connectivity index (χ4n) is 2.30. The van der Waals surface area contributed by atoms with E-state index in [4.69, 9.17) is 5.11 Å². The number of carboxylic acids is 1. The van der Waals surface area contributed by atoms with Gasteiger partial charge in [-0.3, -0.25) is 9.69 Å². The van der Waals surface area contributed by atoms with Crippen LogP contribution in [0.15, 0.2) is 48.5 Å². The average molecular weight is 330 g/mol. The van der Waals surface area contributed by atoms with Gasteiger partial charge in [-0.1, -0.05) is 24.3 Å². The third kappa shape index (κ3) is 4.55. The average Bonchev–Trinajstić information content (AvgIpc) is 2.57. The van der Waals surface area contributed by atoms with Gasteiger partial charge in [-0.05, 0) is 43.2 Å². The van der Waals surface area contributed by atoms with Gasteiger partial charge in [-0.15, -0.1) is 0 Å². The maximum absolute atomic E-state index is 14.1. The highest BCUT2D eigenvalue weighted by Gasteiger charge is 2.15. The molecule has 6 heteroatoms. The van der Waals surface area contributed by atoms with Gasteiger partial charge in [0, 0.05) is 18.7 Å². The lowest BCUT2D eigenvalue weighted by Crippen LogP contribution is -2.35. The van der Waals surface area contributed by atoms with Crippen molar-refractivity contribution in [2.75, 3.05) is 16.8 Å². The van der Waals surface area contributed by atoms with Crippen LogP contribution in [-0.2, 0) is 11.2 Å². The van der Waals surface area contributed by atoms with E-state index in [0.717, 1.165) is 5.69 Å². The van der Waals surface area contributed by atoms with Gasteiger partial charge in [-0.25, -0.2) is 9.18 Å². The van der Waals surface area contributed by atoms with Crippen LogP contribution in [0.5, 0.6) is 0 Å². The fourth-order valence-corrected chi connectivity index (χ4v) is 2.30. The molecule has 2 amide bonds. The summed E-state index contributed by atoms with van der Waals surface area (Å²) in [6.07, 6.45) is 0.175. The molecule has 0 unspecified atom stereocenters. The molecule has 2 aromatic rings. The molecule has 2 rings (SSSR count). The number of carboxylic acid groups (broad SMARTS) is 1. The van der Waals surface area contributed by atoms with Crippen molar-refractivity contribution >= 4 is 23.4 Å². The zero-order chi connectivity index (χ0) is 17.5. The van der Waals surface area contributed by atoms with Crippen LogP contribution in [0.4, 0.5) is 20.6 Å². The summed E-state index contributed by atoms with van der Waals surface area (Å²) in [6.45, 7) is 2.27. The second-order valence-electron chi connectivity index (χ2n) is 5.22. The van der Waals surface area contributed by atoms with Gasteiger partial charge in [0.25, 0.3) is 0 Å². The number of carbonyl (C=O) groups excluding carboxylic acids is 1. The Morgan fingerprint density at radius 2 is 1.88 bits per heavy atom. The zero-order valence-corrected chi connectivity index (χ0v) is 13.3. The number of halogens is 1. The minimum absolute atomic E-state index is 0.0634. The van der Waals surface area contributed by atoms with Gasteiger partial charge >= 0.3 is 12.0 Å². The van der Waals surface area contributed by atoms with Crippen molar-refractivity contribution in [1.29, 1.82) is 0 Å². The maximum atomic E-state index is 14.1. The Morgan fingerprint density at radius 3 is 2.46 bits per heavy atom. The molecule has 5 nitrogen and oxygen atoms in total. The topological polar surface area (TPSA) is 69.6 Å². The Hall–Kier alpha value is -2.89. The number of nitrogens with one attached hydrogen (secondary N) is 1. The normalized spacial score (nSPS) is 10.2. The summed E-state index contributed by atoms with van der Waals surface area (Å²) in [5.74, 6) is -1.52. The molecule has 24 heavy (non-hydrogen) atoms. The quantitative estimate of drug-likeness (QED) is 0.844. The molecular formula is C18H19FN2O3. The molecule has 0 fully saturated rings. The van der Waals surface area contributed by atoms with E-state index in [1.807, 2.05) is 25.1 Å². The summed E-state index contributed by atoms with van der Waals surface area (Å²) in [5, 5.41) is 11.2. The van der Waals surface area contributed by atoms with Crippen LogP contribution in [0.3, 0.4) is 0 Å². The molecule has 0 aliphatic rings. The second-order valence-corrected chi connectivity index (χ2v) is 5.22. The molecule has 126 valence electrons. The fraction of sp³-hybridized carbons (Fsp3) is 0.222. The van der Waals surface area contributed by atoms with Crippen molar-refractivity contribution in [3.05, 3.63) is 59.9 Å². The van der Waals surface area contributed by atoms with Crippen LogP contribution in [0, 0.1) is 5.82 Å². The number of rotatable bonds is 6. The number of para-hydroxylation sites is 1. The first-order valence-electron chi connectivity index (χ1n) is 7.65. The Labute approximate surface area is 139 Å².